The number of carbonyl (C=O) groups is 3. The number of amides is 2. The summed E-state index contributed by atoms with van der Waals surface area (Å²) in [5, 5.41) is 10.5. The van der Waals surface area contributed by atoms with Gasteiger partial charge in [0.25, 0.3) is 0 Å². The number of carboxylic acids is 1. The zero-order valence-corrected chi connectivity index (χ0v) is 23.8. The molecule has 1 aromatic rings. The van der Waals surface area contributed by atoms with Gasteiger partial charge in [0.1, 0.15) is 0 Å². The molecule has 40 heavy (non-hydrogen) atoms. The molecule has 3 aliphatic rings. The van der Waals surface area contributed by atoms with E-state index in [2.05, 4.69) is 6.92 Å². The van der Waals surface area contributed by atoms with Gasteiger partial charge in [0, 0.05) is 51.1 Å². The SMILES string of the molecule is CCCCN(CCCN)C(=O)CN1C[C@H](c2cc(OC)c3c(c2)OCO3)C(C(=O)O)[C@@H]1CCCN1CCCC1=O. The molecule has 0 spiro atoms. The monoisotopic (exact) mass is 560 g/mol. The van der Waals surface area contributed by atoms with Gasteiger partial charge >= 0.3 is 5.97 Å². The zero-order chi connectivity index (χ0) is 28.6. The van der Waals surface area contributed by atoms with Crippen LogP contribution in [0.3, 0.4) is 0 Å². The number of nitrogens with zero attached hydrogens (tertiary/aromatic N) is 3. The van der Waals surface area contributed by atoms with Crippen LogP contribution in [0.15, 0.2) is 12.1 Å². The van der Waals surface area contributed by atoms with Gasteiger partial charge in [-0.3, -0.25) is 19.3 Å². The molecule has 11 heteroatoms. The highest BCUT2D eigenvalue weighted by Gasteiger charge is 2.47. The largest absolute Gasteiger partial charge is 0.493 e. The summed E-state index contributed by atoms with van der Waals surface area (Å²) in [6.07, 6.45) is 5.29. The number of nitrogens with two attached hydrogens (primary N) is 1. The first kappa shape index (κ1) is 29.9. The summed E-state index contributed by atoms with van der Waals surface area (Å²) < 4.78 is 16.7. The first-order valence-electron chi connectivity index (χ1n) is 14.6. The number of rotatable bonds is 15. The quantitative estimate of drug-likeness (QED) is 0.331. The molecule has 3 atom stereocenters. The molecular formula is C29H44N4O7. The van der Waals surface area contributed by atoms with E-state index in [1.807, 2.05) is 26.8 Å². The second-order valence-electron chi connectivity index (χ2n) is 10.9. The molecule has 4 rings (SSSR count). The molecule has 2 saturated heterocycles. The molecule has 0 aliphatic carbocycles. The fraction of sp³-hybridized carbons (Fsp3) is 0.690. The molecule has 0 radical (unpaired) electrons. The Morgan fingerprint density at radius 2 is 2.00 bits per heavy atom. The lowest BCUT2D eigenvalue weighted by Crippen LogP contribution is -2.45. The highest BCUT2D eigenvalue weighted by Crippen LogP contribution is 2.47. The number of hydrogen-bond donors (Lipinski definition) is 2. The van der Waals surface area contributed by atoms with Crippen molar-refractivity contribution >= 4 is 17.8 Å². The lowest BCUT2D eigenvalue weighted by molar-refractivity contribution is -0.144. The number of fused-ring (bicyclic) bond motifs is 1. The van der Waals surface area contributed by atoms with Crippen molar-refractivity contribution in [3.8, 4) is 17.2 Å². The van der Waals surface area contributed by atoms with E-state index >= 15 is 0 Å². The molecule has 3 N–H and O–H groups in total. The Balaban J connectivity index is 1.59. The highest BCUT2D eigenvalue weighted by atomic mass is 16.7. The number of unbranched alkanes of at least 4 members (excludes halogenated alkanes) is 1. The summed E-state index contributed by atoms with van der Waals surface area (Å²) in [5.41, 5.74) is 6.52. The first-order chi connectivity index (χ1) is 19.4. The van der Waals surface area contributed by atoms with Crippen LogP contribution in [0.5, 0.6) is 17.2 Å². The van der Waals surface area contributed by atoms with Crippen molar-refractivity contribution in [2.45, 2.75) is 63.8 Å². The Morgan fingerprint density at radius 1 is 1.20 bits per heavy atom. The van der Waals surface area contributed by atoms with Gasteiger partial charge in [-0.25, -0.2) is 0 Å². The zero-order valence-electron chi connectivity index (χ0n) is 23.8. The maximum Gasteiger partial charge on any atom is 0.308 e. The van der Waals surface area contributed by atoms with Crippen molar-refractivity contribution in [2.24, 2.45) is 11.7 Å². The number of hydrogen-bond acceptors (Lipinski definition) is 8. The summed E-state index contributed by atoms with van der Waals surface area (Å²) in [7, 11) is 1.55. The van der Waals surface area contributed by atoms with E-state index in [0.29, 0.717) is 69.2 Å². The predicted molar refractivity (Wildman–Crippen MR) is 149 cm³/mol. The first-order valence-corrected chi connectivity index (χ1v) is 14.6. The molecule has 0 aromatic heterocycles. The van der Waals surface area contributed by atoms with Crippen molar-refractivity contribution < 1.29 is 33.7 Å². The number of benzene rings is 1. The Labute approximate surface area is 236 Å². The number of ether oxygens (including phenoxy) is 3. The van der Waals surface area contributed by atoms with E-state index in [4.69, 9.17) is 19.9 Å². The summed E-state index contributed by atoms with van der Waals surface area (Å²) >= 11 is 0. The van der Waals surface area contributed by atoms with Crippen LogP contribution in [0.4, 0.5) is 0 Å². The fourth-order valence-corrected chi connectivity index (χ4v) is 6.25. The average molecular weight is 561 g/mol. The van der Waals surface area contributed by atoms with Crippen LogP contribution in [-0.4, -0.2) is 103 Å². The smallest absolute Gasteiger partial charge is 0.308 e. The summed E-state index contributed by atoms with van der Waals surface area (Å²) in [6.45, 7) is 5.85. The number of likely N-dealkylation sites (tertiary alicyclic amines) is 2. The summed E-state index contributed by atoms with van der Waals surface area (Å²) in [4.78, 5) is 44.3. The molecule has 11 nitrogen and oxygen atoms in total. The minimum atomic E-state index is -0.898. The summed E-state index contributed by atoms with van der Waals surface area (Å²) in [5.74, 6) is -0.309. The Bertz CT molecular complexity index is 1040. The van der Waals surface area contributed by atoms with Gasteiger partial charge in [0.05, 0.1) is 19.6 Å². The Hall–Kier alpha value is -3.05. The van der Waals surface area contributed by atoms with Crippen LogP contribution < -0.4 is 19.9 Å². The van der Waals surface area contributed by atoms with E-state index < -0.39 is 11.9 Å². The van der Waals surface area contributed by atoms with E-state index in [9.17, 15) is 19.5 Å². The second-order valence-corrected chi connectivity index (χ2v) is 10.9. The van der Waals surface area contributed by atoms with Crippen LogP contribution in [0.25, 0.3) is 0 Å². The van der Waals surface area contributed by atoms with Crippen molar-refractivity contribution in [3.63, 3.8) is 0 Å². The maximum absolute atomic E-state index is 13.5. The third kappa shape index (κ3) is 6.80. The molecule has 3 aliphatic heterocycles. The maximum atomic E-state index is 13.5. The fourth-order valence-electron chi connectivity index (χ4n) is 6.25. The third-order valence-electron chi connectivity index (χ3n) is 8.35. The second kappa shape index (κ2) is 14.0. The normalized spacial score (nSPS) is 22.2. The number of carbonyl (C=O) groups excluding carboxylic acids is 2. The van der Waals surface area contributed by atoms with E-state index in [0.717, 1.165) is 37.8 Å². The van der Waals surface area contributed by atoms with E-state index in [1.54, 1.807) is 7.11 Å². The lowest BCUT2D eigenvalue weighted by Gasteiger charge is -2.30. The number of aliphatic carboxylic acids is 1. The molecule has 2 amide bonds. The van der Waals surface area contributed by atoms with Crippen molar-refractivity contribution in [3.05, 3.63) is 17.7 Å². The average Bonchev–Trinajstić information content (AvgIpc) is 3.67. The van der Waals surface area contributed by atoms with E-state index in [-0.39, 0.29) is 37.1 Å². The standard InChI is InChI=1S/C29H44N4O7/c1-3-4-11-32(14-7-10-30)26(35)18-33-17-21(20-15-23(38-2)28-24(16-20)39-19-40-28)27(29(36)37)22(33)8-5-12-31-13-6-9-25(31)34/h15-16,21-22,27H,3-14,17-19,30H2,1-2H3,(H,36,37)/t21-,22+,27?/m1/s1. The topological polar surface area (TPSA) is 135 Å². The number of methoxy groups -OCH3 is 1. The Kier molecular flexibility index (Phi) is 10.5. The predicted octanol–water partition coefficient (Wildman–Crippen LogP) is 2.27. The molecule has 3 heterocycles. The van der Waals surface area contributed by atoms with Crippen LogP contribution in [0.1, 0.15) is 63.4 Å². The molecule has 1 aromatic carbocycles. The third-order valence-corrected chi connectivity index (χ3v) is 8.35. The molecule has 222 valence electrons. The Morgan fingerprint density at radius 3 is 2.67 bits per heavy atom. The van der Waals surface area contributed by atoms with Crippen LogP contribution in [0, 0.1) is 5.92 Å². The van der Waals surface area contributed by atoms with Gasteiger partial charge in [-0.15, -0.1) is 0 Å². The highest BCUT2D eigenvalue weighted by molar-refractivity contribution is 5.79. The van der Waals surface area contributed by atoms with Crippen LogP contribution in [0.2, 0.25) is 0 Å². The van der Waals surface area contributed by atoms with E-state index in [1.165, 1.54) is 0 Å². The molecule has 0 bridgehead atoms. The minimum Gasteiger partial charge on any atom is -0.493 e. The lowest BCUT2D eigenvalue weighted by atomic mass is 9.83. The minimum absolute atomic E-state index is 0.00493. The van der Waals surface area contributed by atoms with Gasteiger partial charge in [-0.2, -0.15) is 0 Å². The van der Waals surface area contributed by atoms with Crippen molar-refractivity contribution in [2.75, 3.05) is 59.7 Å². The van der Waals surface area contributed by atoms with Crippen molar-refractivity contribution in [1.29, 1.82) is 0 Å². The van der Waals surface area contributed by atoms with Gasteiger partial charge in [-0.1, -0.05) is 13.3 Å². The van der Waals surface area contributed by atoms with Gasteiger partial charge in [-0.05, 0) is 56.3 Å². The van der Waals surface area contributed by atoms with Gasteiger partial charge in [0.15, 0.2) is 11.5 Å². The van der Waals surface area contributed by atoms with Crippen LogP contribution in [-0.2, 0) is 14.4 Å². The number of carboxylic acid groups (broad SMARTS) is 1. The molecule has 2 fully saturated rings. The van der Waals surface area contributed by atoms with Gasteiger partial charge < -0.3 is 34.9 Å². The molecule has 0 saturated carbocycles. The van der Waals surface area contributed by atoms with Gasteiger partial charge in [0.2, 0.25) is 24.4 Å². The summed E-state index contributed by atoms with van der Waals surface area (Å²) in [6, 6.07) is 3.31. The molecular weight excluding hydrogens is 516 g/mol. The van der Waals surface area contributed by atoms with Crippen LogP contribution >= 0.6 is 0 Å². The molecule has 1 unspecified atom stereocenters. The van der Waals surface area contributed by atoms with Crippen molar-refractivity contribution in [1.82, 2.24) is 14.7 Å².